The second-order valence-corrected chi connectivity index (χ2v) is 5.77. The van der Waals surface area contributed by atoms with Gasteiger partial charge in [-0.15, -0.1) is 11.8 Å². The van der Waals surface area contributed by atoms with Crippen LogP contribution in [0.5, 0.6) is 0 Å². The van der Waals surface area contributed by atoms with E-state index < -0.39 is 0 Å². The van der Waals surface area contributed by atoms with Crippen molar-refractivity contribution in [3.05, 3.63) is 64.7 Å². The molecule has 0 saturated carbocycles. The molecule has 1 unspecified atom stereocenters. The monoisotopic (exact) mass is 255 g/mol. The lowest BCUT2D eigenvalue weighted by molar-refractivity contribution is 0.678. The first-order chi connectivity index (χ1) is 8.79. The van der Waals surface area contributed by atoms with E-state index in [1.807, 2.05) is 18.8 Å². The van der Waals surface area contributed by atoms with Crippen LogP contribution in [0.4, 0.5) is 0 Å². The quantitative estimate of drug-likeness (QED) is 0.829. The Morgan fingerprint density at radius 2 is 1.94 bits per heavy atom. The van der Waals surface area contributed by atoms with E-state index in [4.69, 9.17) is 0 Å². The zero-order valence-electron chi connectivity index (χ0n) is 10.7. The van der Waals surface area contributed by atoms with Crippen LogP contribution in [0.1, 0.15) is 28.3 Å². The van der Waals surface area contributed by atoms with E-state index in [1.54, 1.807) is 0 Å². The standard InChI is InChI=1S/C16H17NS/c1-11-7-8-15-14(9-11)16(17-2)13-6-4-3-5-12(13)10-18-15/h3-9,16-17H,10H2,1-2H3. The molecule has 0 bridgehead atoms. The van der Waals surface area contributed by atoms with Crippen molar-refractivity contribution < 1.29 is 0 Å². The third kappa shape index (κ3) is 1.96. The number of rotatable bonds is 1. The molecule has 0 amide bonds. The van der Waals surface area contributed by atoms with Crippen molar-refractivity contribution in [2.24, 2.45) is 0 Å². The van der Waals surface area contributed by atoms with Crippen LogP contribution in [0.3, 0.4) is 0 Å². The Balaban J connectivity index is 2.19. The van der Waals surface area contributed by atoms with Crippen molar-refractivity contribution in [2.75, 3.05) is 7.05 Å². The average molecular weight is 255 g/mol. The van der Waals surface area contributed by atoms with Gasteiger partial charge in [-0.1, -0.05) is 42.0 Å². The van der Waals surface area contributed by atoms with E-state index in [0.717, 1.165) is 5.75 Å². The summed E-state index contributed by atoms with van der Waals surface area (Å²) in [5.74, 6) is 1.06. The average Bonchev–Trinajstić information content (AvgIpc) is 2.54. The molecule has 1 aliphatic heterocycles. The summed E-state index contributed by atoms with van der Waals surface area (Å²) in [7, 11) is 2.05. The van der Waals surface area contributed by atoms with Crippen LogP contribution in [0.25, 0.3) is 0 Å². The highest BCUT2D eigenvalue weighted by Crippen LogP contribution is 2.39. The number of fused-ring (bicyclic) bond motifs is 2. The van der Waals surface area contributed by atoms with Crippen LogP contribution in [-0.2, 0) is 5.75 Å². The Kier molecular flexibility index (Phi) is 3.14. The summed E-state index contributed by atoms with van der Waals surface area (Å²) in [4.78, 5) is 1.40. The van der Waals surface area contributed by atoms with Gasteiger partial charge in [-0.05, 0) is 36.7 Å². The van der Waals surface area contributed by atoms with Crippen molar-refractivity contribution in [1.82, 2.24) is 5.32 Å². The van der Waals surface area contributed by atoms with E-state index in [2.05, 4.69) is 54.7 Å². The van der Waals surface area contributed by atoms with E-state index in [-0.39, 0.29) is 0 Å². The van der Waals surface area contributed by atoms with Gasteiger partial charge in [-0.25, -0.2) is 0 Å². The molecule has 0 aromatic heterocycles. The minimum Gasteiger partial charge on any atom is -0.309 e. The summed E-state index contributed by atoms with van der Waals surface area (Å²) < 4.78 is 0. The normalized spacial score (nSPS) is 17.8. The SMILES string of the molecule is CNC1c2ccccc2CSc2ccc(C)cc21. The zero-order valence-corrected chi connectivity index (χ0v) is 11.6. The highest BCUT2D eigenvalue weighted by molar-refractivity contribution is 7.98. The lowest BCUT2D eigenvalue weighted by atomic mass is 9.94. The van der Waals surface area contributed by atoms with E-state index in [0.29, 0.717) is 6.04 Å². The molecule has 0 spiro atoms. The lowest BCUT2D eigenvalue weighted by Crippen LogP contribution is -2.18. The van der Waals surface area contributed by atoms with E-state index in [9.17, 15) is 0 Å². The third-order valence-electron chi connectivity index (χ3n) is 3.51. The maximum atomic E-state index is 3.47. The smallest absolute Gasteiger partial charge is 0.0588 e. The molecule has 1 nitrogen and oxygen atoms in total. The summed E-state index contributed by atoms with van der Waals surface area (Å²) in [5, 5.41) is 3.47. The molecular weight excluding hydrogens is 238 g/mol. The van der Waals surface area contributed by atoms with E-state index >= 15 is 0 Å². The minimum absolute atomic E-state index is 0.311. The molecule has 1 N–H and O–H groups in total. The molecule has 92 valence electrons. The van der Waals surface area contributed by atoms with Gasteiger partial charge in [-0.3, -0.25) is 0 Å². The summed E-state index contributed by atoms with van der Waals surface area (Å²) in [6, 6.07) is 15.8. The van der Waals surface area contributed by atoms with Gasteiger partial charge in [0.1, 0.15) is 0 Å². The van der Waals surface area contributed by atoms with Gasteiger partial charge in [0.25, 0.3) is 0 Å². The Hall–Kier alpha value is -1.25. The Bertz CT molecular complexity index is 577. The Labute approximate surface area is 113 Å². The van der Waals surface area contributed by atoms with Gasteiger partial charge >= 0.3 is 0 Å². The number of hydrogen-bond acceptors (Lipinski definition) is 2. The van der Waals surface area contributed by atoms with Gasteiger partial charge in [0.05, 0.1) is 6.04 Å². The van der Waals surface area contributed by atoms with Gasteiger partial charge < -0.3 is 5.32 Å². The molecule has 1 heterocycles. The highest BCUT2D eigenvalue weighted by Gasteiger charge is 2.22. The molecule has 2 heteroatoms. The molecule has 3 rings (SSSR count). The fourth-order valence-electron chi connectivity index (χ4n) is 2.61. The minimum atomic E-state index is 0.311. The topological polar surface area (TPSA) is 12.0 Å². The Morgan fingerprint density at radius 1 is 1.11 bits per heavy atom. The van der Waals surface area contributed by atoms with Crippen LogP contribution in [0, 0.1) is 6.92 Å². The molecule has 0 saturated heterocycles. The van der Waals surface area contributed by atoms with Crippen LogP contribution < -0.4 is 5.32 Å². The van der Waals surface area contributed by atoms with Gasteiger partial charge in [-0.2, -0.15) is 0 Å². The lowest BCUT2D eigenvalue weighted by Gasteiger charge is -2.19. The van der Waals surface area contributed by atoms with Gasteiger partial charge in [0.15, 0.2) is 0 Å². The number of benzene rings is 2. The molecule has 1 aliphatic rings. The molecule has 2 aromatic rings. The molecule has 0 aliphatic carbocycles. The highest BCUT2D eigenvalue weighted by atomic mass is 32.2. The first-order valence-corrected chi connectivity index (χ1v) is 7.26. The predicted molar refractivity (Wildman–Crippen MR) is 78.1 cm³/mol. The summed E-state index contributed by atoms with van der Waals surface area (Å²) in [6.07, 6.45) is 0. The van der Waals surface area contributed by atoms with Crippen LogP contribution in [0.2, 0.25) is 0 Å². The predicted octanol–water partition coefficient (Wildman–Crippen LogP) is 3.91. The Morgan fingerprint density at radius 3 is 2.78 bits per heavy atom. The summed E-state index contributed by atoms with van der Waals surface area (Å²) >= 11 is 1.94. The molecule has 2 aromatic carbocycles. The molecule has 0 fully saturated rings. The molecular formula is C16H17NS. The van der Waals surface area contributed by atoms with E-state index in [1.165, 1.54) is 27.1 Å². The summed E-state index contributed by atoms with van der Waals surface area (Å²) in [5.41, 5.74) is 5.59. The maximum absolute atomic E-state index is 3.47. The van der Waals surface area contributed by atoms with Crippen LogP contribution >= 0.6 is 11.8 Å². The van der Waals surface area contributed by atoms with Crippen LogP contribution in [-0.4, -0.2) is 7.05 Å². The fourth-order valence-corrected chi connectivity index (χ4v) is 3.69. The third-order valence-corrected chi connectivity index (χ3v) is 4.65. The van der Waals surface area contributed by atoms with Crippen LogP contribution in [0.15, 0.2) is 47.4 Å². The van der Waals surface area contributed by atoms with Crippen molar-refractivity contribution in [1.29, 1.82) is 0 Å². The number of hydrogen-bond donors (Lipinski definition) is 1. The van der Waals surface area contributed by atoms with Crippen molar-refractivity contribution in [3.8, 4) is 0 Å². The number of aryl methyl sites for hydroxylation is 1. The van der Waals surface area contributed by atoms with Crippen molar-refractivity contribution >= 4 is 11.8 Å². The first kappa shape index (κ1) is 11.8. The number of nitrogens with one attached hydrogen (secondary N) is 1. The fraction of sp³-hybridized carbons (Fsp3) is 0.250. The molecule has 1 atom stereocenters. The largest absolute Gasteiger partial charge is 0.309 e. The van der Waals surface area contributed by atoms with Gasteiger partial charge in [0.2, 0.25) is 0 Å². The molecule has 0 radical (unpaired) electrons. The van der Waals surface area contributed by atoms with Crippen molar-refractivity contribution in [3.63, 3.8) is 0 Å². The second-order valence-electron chi connectivity index (χ2n) is 4.75. The zero-order chi connectivity index (χ0) is 12.5. The molecule has 18 heavy (non-hydrogen) atoms. The summed E-state index contributed by atoms with van der Waals surface area (Å²) in [6.45, 7) is 2.16. The van der Waals surface area contributed by atoms with Crippen molar-refractivity contribution in [2.45, 2.75) is 23.6 Å². The number of thioether (sulfide) groups is 1. The second kappa shape index (κ2) is 4.79. The maximum Gasteiger partial charge on any atom is 0.0588 e. The first-order valence-electron chi connectivity index (χ1n) is 6.28. The van der Waals surface area contributed by atoms with Gasteiger partial charge in [0, 0.05) is 10.6 Å².